The van der Waals surface area contributed by atoms with Crippen LogP contribution >= 0.6 is 11.6 Å². The highest BCUT2D eigenvalue weighted by Gasteiger charge is 2.24. The van der Waals surface area contributed by atoms with E-state index < -0.39 is 0 Å². The first-order valence-electron chi connectivity index (χ1n) is 9.18. The van der Waals surface area contributed by atoms with Crippen LogP contribution in [0.25, 0.3) is 11.0 Å². The summed E-state index contributed by atoms with van der Waals surface area (Å²) in [5.74, 6) is 1.91. The Kier molecular flexibility index (Phi) is 5.14. The van der Waals surface area contributed by atoms with Crippen molar-refractivity contribution in [3.63, 3.8) is 0 Å². The predicted molar refractivity (Wildman–Crippen MR) is 104 cm³/mol. The maximum atomic E-state index is 6.07. The third kappa shape index (κ3) is 3.57. The van der Waals surface area contributed by atoms with Gasteiger partial charge in [-0.3, -0.25) is 0 Å². The van der Waals surface area contributed by atoms with Gasteiger partial charge in [0.1, 0.15) is 17.7 Å². The highest BCUT2D eigenvalue weighted by Crippen LogP contribution is 2.30. The second-order valence-electron chi connectivity index (χ2n) is 6.73. The molecule has 0 saturated carbocycles. The van der Waals surface area contributed by atoms with Crippen molar-refractivity contribution in [3.8, 4) is 5.75 Å². The SMILES string of the molecule is Cc1cc(OCCCn2c(C3CCCO3)nc3ccccc32)ccc1Cl. The number of imidazole rings is 1. The van der Waals surface area contributed by atoms with Gasteiger partial charge in [0.15, 0.2) is 0 Å². The fourth-order valence-corrected chi connectivity index (χ4v) is 3.59. The molecule has 1 saturated heterocycles. The molecule has 1 aromatic heterocycles. The number of aromatic nitrogens is 2. The smallest absolute Gasteiger partial charge is 0.139 e. The zero-order valence-electron chi connectivity index (χ0n) is 15.0. The van der Waals surface area contributed by atoms with E-state index >= 15 is 0 Å². The predicted octanol–water partition coefficient (Wildman–Crippen LogP) is 5.32. The summed E-state index contributed by atoms with van der Waals surface area (Å²) < 4.78 is 14.1. The van der Waals surface area contributed by atoms with Gasteiger partial charge in [-0.15, -0.1) is 0 Å². The van der Waals surface area contributed by atoms with E-state index in [4.69, 9.17) is 26.1 Å². The average molecular weight is 371 g/mol. The number of benzene rings is 2. The van der Waals surface area contributed by atoms with E-state index in [-0.39, 0.29) is 6.10 Å². The Labute approximate surface area is 158 Å². The maximum Gasteiger partial charge on any atom is 0.139 e. The molecule has 0 bridgehead atoms. The zero-order valence-corrected chi connectivity index (χ0v) is 15.7. The monoisotopic (exact) mass is 370 g/mol. The molecular formula is C21H23ClN2O2. The molecule has 2 aromatic carbocycles. The maximum absolute atomic E-state index is 6.07. The quantitative estimate of drug-likeness (QED) is 0.551. The highest BCUT2D eigenvalue weighted by atomic mass is 35.5. The van der Waals surface area contributed by atoms with Crippen LogP contribution < -0.4 is 4.74 Å². The van der Waals surface area contributed by atoms with Crippen molar-refractivity contribution in [1.82, 2.24) is 9.55 Å². The van der Waals surface area contributed by atoms with Gasteiger partial charge in [-0.1, -0.05) is 23.7 Å². The van der Waals surface area contributed by atoms with Crippen LogP contribution in [0.1, 0.15) is 36.8 Å². The standard InChI is InChI=1S/C21H23ClN2O2/c1-15-14-16(9-10-17(15)22)25-13-5-11-24-19-7-3-2-6-18(19)23-21(24)20-8-4-12-26-20/h2-3,6-7,9-10,14,20H,4-5,8,11-13H2,1H3. The molecule has 26 heavy (non-hydrogen) atoms. The molecular weight excluding hydrogens is 348 g/mol. The molecule has 4 nitrogen and oxygen atoms in total. The molecule has 1 fully saturated rings. The summed E-state index contributed by atoms with van der Waals surface area (Å²) in [6, 6.07) is 14.1. The molecule has 0 spiro atoms. The zero-order chi connectivity index (χ0) is 17.9. The lowest BCUT2D eigenvalue weighted by atomic mass is 10.2. The van der Waals surface area contributed by atoms with Crippen molar-refractivity contribution < 1.29 is 9.47 Å². The summed E-state index contributed by atoms with van der Waals surface area (Å²) in [5, 5.41) is 0.767. The lowest BCUT2D eigenvalue weighted by Crippen LogP contribution is -2.11. The Morgan fingerprint density at radius 2 is 2.15 bits per heavy atom. The normalized spacial score (nSPS) is 17.1. The first kappa shape index (κ1) is 17.4. The third-order valence-corrected chi connectivity index (χ3v) is 5.25. The first-order chi connectivity index (χ1) is 12.7. The summed E-state index contributed by atoms with van der Waals surface area (Å²) in [7, 11) is 0. The van der Waals surface area contributed by atoms with Crippen LogP contribution in [0.4, 0.5) is 0 Å². The van der Waals surface area contributed by atoms with Crippen LogP contribution in [-0.2, 0) is 11.3 Å². The van der Waals surface area contributed by atoms with E-state index in [9.17, 15) is 0 Å². The lowest BCUT2D eigenvalue weighted by Gasteiger charge is -2.14. The summed E-state index contributed by atoms with van der Waals surface area (Å²) in [5.41, 5.74) is 3.23. The van der Waals surface area contributed by atoms with Gasteiger partial charge >= 0.3 is 0 Å². The van der Waals surface area contributed by atoms with Crippen molar-refractivity contribution in [1.29, 1.82) is 0 Å². The fraction of sp³-hybridized carbons (Fsp3) is 0.381. The minimum absolute atomic E-state index is 0.113. The lowest BCUT2D eigenvalue weighted by molar-refractivity contribution is 0.102. The number of hydrogen-bond donors (Lipinski definition) is 0. The summed E-state index contributed by atoms with van der Waals surface area (Å²) >= 11 is 6.07. The molecule has 1 unspecified atom stereocenters. The highest BCUT2D eigenvalue weighted by molar-refractivity contribution is 6.31. The van der Waals surface area contributed by atoms with Crippen LogP contribution in [0.15, 0.2) is 42.5 Å². The largest absolute Gasteiger partial charge is 0.494 e. The minimum atomic E-state index is 0.113. The summed E-state index contributed by atoms with van der Waals surface area (Å²) in [4.78, 5) is 4.84. The van der Waals surface area contributed by atoms with E-state index in [2.05, 4.69) is 22.8 Å². The van der Waals surface area contributed by atoms with E-state index in [1.165, 1.54) is 5.52 Å². The van der Waals surface area contributed by atoms with Gasteiger partial charge in [-0.05, 0) is 62.1 Å². The number of para-hydroxylation sites is 2. The topological polar surface area (TPSA) is 36.3 Å². The number of rotatable bonds is 6. The molecule has 0 aliphatic carbocycles. The Morgan fingerprint density at radius 1 is 1.27 bits per heavy atom. The van der Waals surface area contributed by atoms with E-state index in [1.807, 2.05) is 31.2 Å². The van der Waals surface area contributed by atoms with Crippen molar-refractivity contribution in [2.75, 3.05) is 13.2 Å². The minimum Gasteiger partial charge on any atom is -0.494 e. The van der Waals surface area contributed by atoms with E-state index in [0.29, 0.717) is 6.61 Å². The molecule has 1 aliphatic heterocycles. The van der Waals surface area contributed by atoms with E-state index in [1.54, 1.807) is 0 Å². The Hall–Kier alpha value is -2.04. The second-order valence-corrected chi connectivity index (χ2v) is 7.13. The number of hydrogen-bond acceptors (Lipinski definition) is 3. The van der Waals surface area contributed by atoms with Gasteiger partial charge in [-0.2, -0.15) is 0 Å². The molecule has 5 heteroatoms. The van der Waals surface area contributed by atoms with Gasteiger partial charge in [-0.25, -0.2) is 4.98 Å². The Morgan fingerprint density at radius 3 is 2.96 bits per heavy atom. The fourth-order valence-electron chi connectivity index (χ4n) is 3.48. The Balaban J connectivity index is 1.46. The van der Waals surface area contributed by atoms with Crippen LogP contribution in [-0.4, -0.2) is 22.8 Å². The molecule has 1 atom stereocenters. The average Bonchev–Trinajstić information content (AvgIpc) is 3.29. The van der Waals surface area contributed by atoms with Gasteiger partial charge in [0.2, 0.25) is 0 Å². The molecule has 0 amide bonds. The summed E-state index contributed by atoms with van der Waals surface area (Å²) in [6.45, 7) is 4.33. The van der Waals surface area contributed by atoms with Crippen LogP contribution in [0.2, 0.25) is 5.02 Å². The Bertz CT molecular complexity index is 900. The van der Waals surface area contributed by atoms with Gasteiger partial charge < -0.3 is 14.0 Å². The van der Waals surface area contributed by atoms with E-state index in [0.717, 1.165) is 60.1 Å². The van der Waals surface area contributed by atoms with Crippen molar-refractivity contribution in [2.45, 2.75) is 38.8 Å². The number of ether oxygens (including phenoxy) is 2. The van der Waals surface area contributed by atoms with Crippen LogP contribution in [0.5, 0.6) is 5.75 Å². The number of aryl methyl sites for hydroxylation is 2. The molecule has 4 rings (SSSR count). The van der Waals surface area contributed by atoms with Crippen molar-refractivity contribution >= 4 is 22.6 Å². The molecule has 1 aliphatic rings. The molecule has 0 N–H and O–H groups in total. The third-order valence-electron chi connectivity index (χ3n) is 4.83. The first-order valence-corrected chi connectivity index (χ1v) is 9.56. The number of nitrogens with zero attached hydrogens (tertiary/aromatic N) is 2. The number of halogens is 1. The molecule has 136 valence electrons. The molecule has 2 heterocycles. The van der Waals surface area contributed by atoms with Crippen molar-refractivity contribution in [2.24, 2.45) is 0 Å². The van der Waals surface area contributed by atoms with Gasteiger partial charge in [0.25, 0.3) is 0 Å². The van der Waals surface area contributed by atoms with Crippen LogP contribution in [0, 0.1) is 6.92 Å². The van der Waals surface area contributed by atoms with Crippen LogP contribution in [0.3, 0.4) is 0 Å². The van der Waals surface area contributed by atoms with Crippen molar-refractivity contribution in [3.05, 3.63) is 58.9 Å². The molecule has 0 radical (unpaired) electrons. The molecule has 3 aromatic rings. The van der Waals surface area contributed by atoms with Gasteiger partial charge in [0.05, 0.1) is 17.6 Å². The summed E-state index contributed by atoms with van der Waals surface area (Å²) in [6.07, 6.45) is 3.17. The number of fused-ring (bicyclic) bond motifs is 1. The second kappa shape index (κ2) is 7.68. The van der Waals surface area contributed by atoms with Gasteiger partial charge in [0, 0.05) is 18.2 Å².